The Balaban J connectivity index is 1.74. The number of aromatic nitrogens is 2. The second-order valence-corrected chi connectivity index (χ2v) is 5.90. The third-order valence-corrected chi connectivity index (χ3v) is 4.14. The molecule has 0 radical (unpaired) electrons. The number of aliphatic hydroxyl groups is 1. The summed E-state index contributed by atoms with van der Waals surface area (Å²) in [6.45, 7) is 2.53. The highest BCUT2D eigenvalue weighted by Crippen LogP contribution is 2.30. The van der Waals surface area contributed by atoms with Crippen LogP contribution in [0.3, 0.4) is 0 Å². The fourth-order valence-electron chi connectivity index (χ4n) is 2.79. The fourth-order valence-corrected chi connectivity index (χ4v) is 2.79. The zero-order valence-electron chi connectivity index (χ0n) is 13.0. The lowest BCUT2D eigenvalue weighted by Crippen LogP contribution is -2.26. The quantitative estimate of drug-likeness (QED) is 0.943. The molecule has 5 nitrogen and oxygen atoms in total. The molecule has 3 rings (SSSR count). The van der Waals surface area contributed by atoms with Gasteiger partial charge in [0.1, 0.15) is 11.4 Å². The van der Waals surface area contributed by atoms with E-state index in [2.05, 4.69) is 4.98 Å². The zero-order valence-corrected chi connectivity index (χ0v) is 13.0. The van der Waals surface area contributed by atoms with Crippen molar-refractivity contribution in [2.45, 2.75) is 38.1 Å². The maximum Gasteiger partial charge on any atom is 0.199 e. The lowest BCUT2D eigenvalue weighted by molar-refractivity contribution is -0.105. The Morgan fingerprint density at radius 2 is 2.09 bits per heavy atom. The van der Waals surface area contributed by atoms with Crippen LogP contribution in [0.2, 0.25) is 0 Å². The second kappa shape index (κ2) is 6.10. The first-order valence-electron chi connectivity index (χ1n) is 7.65. The molecule has 1 saturated heterocycles. The molecule has 1 aromatic heterocycles. The van der Waals surface area contributed by atoms with Gasteiger partial charge in [-0.1, -0.05) is 12.1 Å². The van der Waals surface area contributed by atoms with Crippen LogP contribution in [0.5, 0.6) is 5.75 Å². The largest absolute Gasteiger partial charge is 0.465 e. The normalized spacial score (nSPS) is 21.3. The van der Waals surface area contributed by atoms with E-state index in [0.29, 0.717) is 0 Å². The van der Waals surface area contributed by atoms with E-state index in [1.165, 1.54) is 0 Å². The topological polar surface area (TPSA) is 56.5 Å². The average molecular weight is 302 g/mol. The van der Waals surface area contributed by atoms with Crippen molar-refractivity contribution in [2.75, 3.05) is 6.61 Å². The van der Waals surface area contributed by atoms with E-state index in [0.717, 1.165) is 42.9 Å². The Morgan fingerprint density at radius 3 is 2.68 bits per heavy atom. The molecule has 1 aliphatic heterocycles. The number of ether oxygens (including phenoxy) is 2. The minimum Gasteiger partial charge on any atom is -0.465 e. The van der Waals surface area contributed by atoms with Crippen LogP contribution in [-0.4, -0.2) is 27.6 Å². The van der Waals surface area contributed by atoms with Gasteiger partial charge in [0, 0.05) is 13.5 Å². The third-order valence-electron chi connectivity index (χ3n) is 4.14. The summed E-state index contributed by atoms with van der Waals surface area (Å²) in [5, 5.41) is 10.8. The smallest absolute Gasteiger partial charge is 0.199 e. The number of imidazole rings is 1. The molecule has 0 saturated carbocycles. The molecule has 22 heavy (non-hydrogen) atoms. The van der Waals surface area contributed by atoms with Crippen LogP contribution >= 0.6 is 0 Å². The Hall–Kier alpha value is -1.85. The standard InChI is InChI=1S/C17H22N2O3/c1-17(20,15-11-18-12-19(15)2)13-6-8-14(9-7-13)22-16-5-3-4-10-21-16/h6-9,11-12,16,20H,3-5,10H2,1-2H3. The minimum atomic E-state index is -1.09. The maximum absolute atomic E-state index is 10.8. The number of aryl methyl sites for hydroxylation is 1. The van der Waals surface area contributed by atoms with Crippen molar-refractivity contribution in [1.82, 2.24) is 9.55 Å². The van der Waals surface area contributed by atoms with Gasteiger partial charge in [-0.15, -0.1) is 0 Å². The van der Waals surface area contributed by atoms with E-state index in [4.69, 9.17) is 9.47 Å². The van der Waals surface area contributed by atoms with E-state index in [1.54, 1.807) is 19.4 Å². The van der Waals surface area contributed by atoms with Crippen molar-refractivity contribution in [3.8, 4) is 5.75 Å². The Morgan fingerprint density at radius 1 is 1.32 bits per heavy atom. The number of nitrogens with zero attached hydrogens (tertiary/aromatic N) is 2. The number of benzene rings is 1. The summed E-state index contributed by atoms with van der Waals surface area (Å²) in [5.41, 5.74) is 0.454. The predicted octanol–water partition coefficient (Wildman–Crippen LogP) is 2.58. The summed E-state index contributed by atoms with van der Waals surface area (Å²) in [6, 6.07) is 7.51. The van der Waals surface area contributed by atoms with Crippen molar-refractivity contribution < 1.29 is 14.6 Å². The van der Waals surface area contributed by atoms with Crippen LogP contribution in [0.25, 0.3) is 0 Å². The molecular weight excluding hydrogens is 280 g/mol. The molecule has 0 bridgehead atoms. The van der Waals surface area contributed by atoms with Crippen LogP contribution in [0, 0.1) is 0 Å². The molecule has 2 unspecified atom stereocenters. The first kappa shape index (κ1) is 15.1. The van der Waals surface area contributed by atoms with E-state index in [1.807, 2.05) is 35.9 Å². The van der Waals surface area contributed by atoms with Crippen molar-refractivity contribution in [2.24, 2.45) is 7.05 Å². The minimum absolute atomic E-state index is 0.155. The molecule has 1 N–H and O–H groups in total. The summed E-state index contributed by atoms with van der Waals surface area (Å²) in [4.78, 5) is 4.07. The molecule has 2 heterocycles. The van der Waals surface area contributed by atoms with Crippen LogP contribution < -0.4 is 4.74 Å². The third kappa shape index (κ3) is 3.00. The Labute approximate surface area is 130 Å². The van der Waals surface area contributed by atoms with Crippen LogP contribution in [0.1, 0.15) is 37.4 Å². The van der Waals surface area contributed by atoms with E-state index in [-0.39, 0.29) is 6.29 Å². The van der Waals surface area contributed by atoms with Crippen LogP contribution in [0.15, 0.2) is 36.8 Å². The van der Waals surface area contributed by atoms with Gasteiger partial charge < -0.3 is 19.1 Å². The molecular formula is C17H22N2O3. The highest BCUT2D eigenvalue weighted by atomic mass is 16.7. The molecule has 2 atom stereocenters. The van der Waals surface area contributed by atoms with Gasteiger partial charge in [-0.3, -0.25) is 0 Å². The van der Waals surface area contributed by atoms with Crippen molar-refractivity contribution >= 4 is 0 Å². The van der Waals surface area contributed by atoms with Crippen LogP contribution in [-0.2, 0) is 17.4 Å². The lowest BCUT2D eigenvalue weighted by atomic mass is 9.93. The Bertz CT molecular complexity index is 613. The molecule has 1 aliphatic rings. The first-order valence-corrected chi connectivity index (χ1v) is 7.65. The summed E-state index contributed by atoms with van der Waals surface area (Å²) in [7, 11) is 1.87. The molecule has 5 heteroatoms. The summed E-state index contributed by atoms with van der Waals surface area (Å²) < 4.78 is 13.2. The average Bonchev–Trinajstić information content (AvgIpc) is 2.96. The van der Waals surface area contributed by atoms with E-state index >= 15 is 0 Å². The molecule has 118 valence electrons. The number of hydrogen-bond acceptors (Lipinski definition) is 4. The molecule has 0 spiro atoms. The molecule has 2 aromatic rings. The van der Waals surface area contributed by atoms with Gasteiger partial charge in [0.15, 0.2) is 6.29 Å². The molecule has 0 aliphatic carbocycles. The molecule has 1 fully saturated rings. The molecule has 1 aromatic carbocycles. The summed E-state index contributed by atoms with van der Waals surface area (Å²) in [5.74, 6) is 0.761. The Kier molecular flexibility index (Phi) is 4.18. The maximum atomic E-state index is 10.8. The van der Waals surface area contributed by atoms with Gasteiger partial charge >= 0.3 is 0 Å². The van der Waals surface area contributed by atoms with Gasteiger partial charge in [0.05, 0.1) is 24.8 Å². The van der Waals surface area contributed by atoms with Gasteiger partial charge in [-0.2, -0.15) is 0 Å². The van der Waals surface area contributed by atoms with Gasteiger partial charge in [0.25, 0.3) is 0 Å². The van der Waals surface area contributed by atoms with Crippen molar-refractivity contribution in [1.29, 1.82) is 0 Å². The van der Waals surface area contributed by atoms with E-state index in [9.17, 15) is 5.11 Å². The van der Waals surface area contributed by atoms with Gasteiger partial charge in [0.2, 0.25) is 0 Å². The number of rotatable bonds is 4. The summed E-state index contributed by atoms with van der Waals surface area (Å²) >= 11 is 0. The molecule has 0 amide bonds. The van der Waals surface area contributed by atoms with Gasteiger partial charge in [-0.05, 0) is 37.5 Å². The van der Waals surface area contributed by atoms with Crippen molar-refractivity contribution in [3.05, 3.63) is 48.0 Å². The monoisotopic (exact) mass is 302 g/mol. The van der Waals surface area contributed by atoms with Crippen molar-refractivity contribution in [3.63, 3.8) is 0 Å². The highest BCUT2D eigenvalue weighted by Gasteiger charge is 2.28. The van der Waals surface area contributed by atoms with Gasteiger partial charge in [-0.25, -0.2) is 4.98 Å². The SMILES string of the molecule is Cn1cncc1C(C)(O)c1ccc(OC2CCCCO2)cc1. The highest BCUT2D eigenvalue weighted by molar-refractivity contribution is 5.35. The first-order chi connectivity index (χ1) is 10.6. The predicted molar refractivity (Wildman–Crippen MR) is 82.5 cm³/mol. The lowest BCUT2D eigenvalue weighted by Gasteiger charge is -2.26. The fraction of sp³-hybridized carbons (Fsp3) is 0.471. The summed E-state index contributed by atoms with van der Waals surface area (Å²) in [6.07, 6.45) is 6.37. The van der Waals surface area contributed by atoms with E-state index < -0.39 is 5.60 Å². The zero-order chi connectivity index (χ0) is 15.6. The second-order valence-electron chi connectivity index (χ2n) is 5.90. The van der Waals surface area contributed by atoms with Crippen LogP contribution in [0.4, 0.5) is 0 Å². The number of hydrogen-bond donors (Lipinski definition) is 1.